The van der Waals surface area contributed by atoms with E-state index >= 15 is 0 Å². The molecule has 0 saturated carbocycles. The van der Waals surface area contributed by atoms with E-state index in [1.165, 1.54) is 0 Å². The predicted octanol–water partition coefficient (Wildman–Crippen LogP) is 3.92. The van der Waals surface area contributed by atoms with Gasteiger partial charge in [0.2, 0.25) is 5.91 Å². The minimum absolute atomic E-state index is 0.220. The molecule has 6 nitrogen and oxygen atoms in total. The first-order chi connectivity index (χ1) is 14.6. The number of pyridine rings is 1. The lowest BCUT2D eigenvalue weighted by molar-refractivity contribution is -0.132. The number of nitrogens with zero attached hydrogens (tertiary/aromatic N) is 4. The van der Waals surface area contributed by atoms with Crippen molar-refractivity contribution < 1.29 is 9.53 Å². The van der Waals surface area contributed by atoms with Gasteiger partial charge in [0.25, 0.3) is 0 Å². The van der Waals surface area contributed by atoms with Crippen molar-refractivity contribution in [3.05, 3.63) is 71.9 Å². The quantitative estimate of drug-likeness (QED) is 0.625. The number of aryl methyl sites for hydroxylation is 2. The minimum atomic E-state index is 0.220. The Morgan fingerprint density at radius 1 is 1.20 bits per heavy atom. The van der Waals surface area contributed by atoms with Gasteiger partial charge in [-0.05, 0) is 56.0 Å². The molecule has 2 aromatic heterocycles. The number of hydrogen-bond donors (Lipinski definition) is 0. The third-order valence-electron chi connectivity index (χ3n) is 5.81. The Bertz CT molecular complexity index is 996. The van der Waals surface area contributed by atoms with Gasteiger partial charge in [-0.25, -0.2) is 9.97 Å². The Morgan fingerprint density at radius 3 is 2.77 bits per heavy atom. The zero-order valence-corrected chi connectivity index (χ0v) is 17.6. The molecule has 1 amide bonds. The monoisotopic (exact) mass is 404 g/mol. The van der Waals surface area contributed by atoms with E-state index in [2.05, 4.69) is 11.1 Å². The molecule has 30 heavy (non-hydrogen) atoms. The second kappa shape index (κ2) is 9.11. The fourth-order valence-corrected chi connectivity index (χ4v) is 4.07. The van der Waals surface area contributed by atoms with Gasteiger partial charge in [-0.3, -0.25) is 9.36 Å². The number of carbonyl (C=O) groups excluding carboxylic acids is 1. The number of piperidine rings is 1. The zero-order valence-electron chi connectivity index (χ0n) is 17.6. The van der Waals surface area contributed by atoms with Crippen molar-refractivity contribution in [2.45, 2.75) is 38.5 Å². The van der Waals surface area contributed by atoms with Crippen molar-refractivity contribution in [1.29, 1.82) is 0 Å². The maximum absolute atomic E-state index is 12.8. The van der Waals surface area contributed by atoms with Crippen LogP contribution in [-0.2, 0) is 11.2 Å². The van der Waals surface area contributed by atoms with Crippen LogP contribution in [0.4, 0.5) is 0 Å². The number of likely N-dealkylation sites (tertiary alicyclic amines) is 1. The lowest BCUT2D eigenvalue weighted by Crippen LogP contribution is -2.39. The molecule has 6 heteroatoms. The van der Waals surface area contributed by atoms with E-state index < -0.39 is 0 Å². The number of methoxy groups -OCH3 is 1. The fraction of sp³-hybridized carbons (Fsp3) is 0.375. The van der Waals surface area contributed by atoms with Gasteiger partial charge < -0.3 is 9.64 Å². The van der Waals surface area contributed by atoms with Crippen molar-refractivity contribution in [3.8, 4) is 11.6 Å². The lowest BCUT2D eigenvalue weighted by Gasteiger charge is -2.32. The summed E-state index contributed by atoms with van der Waals surface area (Å²) in [6.45, 7) is 3.54. The van der Waals surface area contributed by atoms with Crippen molar-refractivity contribution in [3.63, 3.8) is 0 Å². The van der Waals surface area contributed by atoms with E-state index in [1.807, 2.05) is 59.0 Å². The largest absolute Gasteiger partial charge is 0.497 e. The van der Waals surface area contributed by atoms with E-state index in [4.69, 9.17) is 9.72 Å². The number of rotatable bonds is 6. The molecule has 1 fully saturated rings. The Labute approximate surface area is 177 Å². The van der Waals surface area contributed by atoms with Gasteiger partial charge in [-0.15, -0.1) is 0 Å². The molecule has 156 valence electrons. The van der Waals surface area contributed by atoms with Crippen molar-refractivity contribution >= 4 is 5.91 Å². The molecule has 3 aromatic rings. The van der Waals surface area contributed by atoms with Crippen LogP contribution in [-0.4, -0.2) is 45.5 Å². The normalized spacial score (nSPS) is 16.5. The average Bonchev–Trinajstić information content (AvgIpc) is 3.24. The van der Waals surface area contributed by atoms with Crippen LogP contribution in [0.2, 0.25) is 0 Å². The second-order valence-corrected chi connectivity index (χ2v) is 7.79. The van der Waals surface area contributed by atoms with Crippen molar-refractivity contribution in [2.24, 2.45) is 0 Å². The average molecular weight is 405 g/mol. The summed E-state index contributed by atoms with van der Waals surface area (Å²) in [4.78, 5) is 24.0. The molecule has 3 heterocycles. The second-order valence-electron chi connectivity index (χ2n) is 7.79. The highest BCUT2D eigenvalue weighted by molar-refractivity contribution is 5.76. The summed E-state index contributed by atoms with van der Waals surface area (Å²) in [6, 6.07) is 14.1. The highest BCUT2D eigenvalue weighted by Gasteiger charge is 2.25. The number of benzene rings is 1. The number of amides is 1. The Hall–Kier alpha value is -3.15. The number of ether oxygens (including phenoxy) is 1. The standard InChI is InChI=1S/C24H28N4O2/c1-18-25-14-16-28(18)23-7-3-6-22(26-23)20-5-4-15-27(17-20)24(29)13-10-19-8-11-21(30-2)12-9-19/h3,6-9,11-12,14,16,20H,4-5,10,13,15,17H2,1-2H3. The Morgan fingerprint density at radius 2 is 2.03 bits per heavy atom. The molecule has 0 bridgehead atoms. The van der Waals surface area contributed by atoms with Gasteiger partial charge in [0, 0.05) is 43.5 Å². The van der Waals surface area contributed by atoms with Gasteiger partial charge in [0.15, 0.2) is 0 Å². The van der Waals surface area contributed by atoms with Crippen LogP contribution in [0.15, 0.2) is 54.9 Å². The highest BCUT2D eigenvalue weighted by atomic mass is 16.5. The van der Waals surface area contributed by atoms with Crippen LogP contribution in [0.25, 0.3) is 5.82 Å². The van der Waals surface area contributed by atoms with Gasteiger partial charge in [-0.2, -0.15) is 0 Å². The summed E-state index contributed by atoms with van der Waals surface area (Å²) in [5.41, 5.74) is 2.20. The summed E-state index contributed by atoms with van der Waals surface area (Å²) in [5.74, 6) is 3.12. The van der Waals surface area contributed by atoms with E-state index in [0.717, 1.165) is 61.0 Å². The number of hydrogen-bond acceptors (Lipinski definition) is 4. The zero-order chi connectivity index (χ0) is 20.9. The summed E-state index contributed by atoms with van der Waals surface area (Å²) in [6.07, 6.45) is 7.06. The smallest absolute Gasteiger partial charge is 0.222 e. The topological polar surface area (TPSA) is 60.2 Å². The van der Waals surface area contributed by atoms with E-state index in [9.17, 15) is 4.79 Å². The third-order valence-corrected chi connectivity index (χ3v) is 5.81. The van der Waals surface area contributed by atoms with Crippen LogP contribution in [0.1, 0.15) is 42.3 Å². The van der Waals surface area contributed by atoms with Crippen LogP contribution in [0.5, 0.6) is 5.75 Å². The number of carbonyl (C=O) groups is 1. The summed E-state index contributed by atoms with van der Waals surface area (Å²) >= 11 is 0. The highest BCUT2D eigenvalue weighted by Crippen LogP contribution is 2.27. The van der Waals surface area contributed by atoms with E-state index in [-0.39, 0.29) is 11.8 Å². The third kappa shape index (κ3) is 4.53. The molecule has 0 radical (unpaired) electrons. The number of aromatic nitrogens is 3. The van der Waals surface area contributed by atoms with Crippen molar-refractivity contribution in [2.75, 3.05) is 20.2 Å². The van der Waals surface area contributed by atoms with Gasteiger partial charge in [0.05, 0.1) is 7.11 Å². The van der Waals surface area contributed by atoms with Crippen molar-refractivity contribution in [1.82, 2.24) is 19.4 Å². The fourth-order valence-electron chi connectivity index (χ4n) is 4.07. The van der Waals surface area contributed by atoms with Gasteiger partial charge in [0.1, 0.15) is 17.4 Å². The predicted molar refractivity (Wildman–Crippen MR) is 116 cm³/mol. The first-order valence-corrected chi connectivity index (χ1v) is 10.5. The van der Waals surface area contributed by atoms with Gasteiger partial charge in [-0.1, -0.05) is 18.2 Å². The number of imidazole rings is 1. The molecule has 1 saturated heterocycles. The minimum Gasteiger partial charge on any atom is -0.497 e. The lowest BCUT2D eigenvalue weighted by atomic mass is 9.94. The Balaban J connectivity index is 1.39. The summed E-state index contributed by atoms with van der Waals surface area (Å²) in [7, 11) is 1.66. The maximum atomic E-state index is 12.8. The SMILES string of the molecule is COc1ccc(CCC(=O)N2CCCC(c3cccc(-n4ccnc4C)n3)C2)cc1. The maximum Gasteiger partial charge on any atom is 0.222 e. The molecule has 0 N–H and O–H groups in total. The van der Waals surface area contributed by atoms with E-state index in [1.54, 1.807) is 13.3 Å². The van der Waals surface area contributed by atoms with E-state index in [0.29, 0.717) is 6.42 Å². The van der Waals surface area contributed by atoms with Crippen LogP contribution in [0.3, 0.4) is 0 Å². The van der Waals surface area contributed by atoms with Crippen LogP contribution < -0.4 is 4.74 Å². The molecule has 1 unspecified atom stereocenters. The molecule has 1 aliphatic rings. The van der Waals surface area contributed by atoms with Crippen LogP contribution in [0, 0.1) is 6.92 Å². The molecular formula is C24H28N4O2. The molecule has 1 atom stereocenters. The molecule has 1 aromatic carbocycles. The molecule has 4 rings (SSSR count). The van der Waals surface area contributed by atoms with Crippen LogP contribution >= 0.6 is 0 Å². The first kappa shape index (κ1) is 20.1. The summed E-state index contributed by atoms with van der Waals surface area (Å²) in [5, 5.41) is 0. The molecular weight excluding hydrogens is 376 g/mol. The Kier molecular flexibility index (Phi) is 6.12. The molecule has 0 aliphatic carbocycles. The first-order valence-electron chi connectivity index (χ1n) is 10.5. The molecule has 1 aliphatic heterocycles. The van der Waals surface area contributed by atoms with Gasteiger partial charge >= 0.3 is 0 Å². The summed E-state index contributed by atoms with van der Waals surface area (Å²) < 4.78 is 7.19. The molecule has 0 spiro atoms.